The number of esters is 1. The summed E-state index contributed by atoms with van der Waals surface area (Å²) in [5.41, 5.74) is 9.93. The van der Waals surface area contributed by atoms with Crippen molar-refractivity contribution in [2.24, 2.45) is 5.73 Å². The van der Waals surface area contributed by atoms with Gasteiger partial charge in [-0.05, 0) is 12.1 Å². The molecule has 6 heteroatoms. The number of hydrogen-bond acceptors (Lipinski definition) is 5. The van der Waals surface area contributed by atoms with Crippen molar-refractivity contribution < 1.29 is 9.53 Å². The molecule has 2 aromatic heterocycles. The van der Waals surface area contributed by atoms with Crippen molar-refractivity contribution in [2.45, 2.75) is 12.5 Å². The number of methoxy groups -OCH3 is 1. The second-order valence-electron chi connectivity index (χ2n) is 5.79. The number of ether oxygens (including phenoxy) is 1. The van der Waals surface area contributed by atoms with Crippen molar-refractivity contribution >= 4 is 32.5 Å². The first-order chi connectivity index (χ1) is 12.2. The van der Waals surface area contributed by atoms with Crippen LogP contribution in [0.25, 0.3) is 26.4 Å². The van der Waals surface area contributed by atoms with E-state index in [0.717, 1.165) is 32.1 Å². The molecule has 0 bridgehead atoms. The van der Waals surface area contributed by atoms with Crippen molar-refractivity contribution in [1.29, 1.82) is 0 Å². The van der Waals surface area contributed by atoms with Gasteiger partial charge in [0, 0.05) is 12.0 Å². The number of rotatable bonds is 4. The van der Waals surface area contributed by atoms with Crippen LogP contribution in [0.15, 0.2) is 54.6 Å². The second-order valence-corrected chi connectivity index (χ2v) is 6.80. The molecule has 2 aromatic carbocycles. The van der Waals surface area contributed by atoms with Crippen molar-refractivity contribution in [3.63, 3.8) is 0 Å². The molecule has 0 aliphatic carbocycles. The third kappa shape index (κ3) is 2.69. The molecule has 1 atom stereocenters. The summed E-state index contributed by atoms with van der Waals surface area (Å²) in [5, 5.41) is 0. The maximum absolute atomic E-state index is 11.8. The summed E-state index contributed by atoms with van der Waals surface area (Å²) >= 11 is 1.63. The maximum Gasteiger partial charge on any atom is 0.323 e. The molecule has 4 aromatic rings. The van der Waals surface area contributed by atoms with E-state index in [9.17, 15) is 4.79 Å². The Morgan fingerprint density at radius 2 is 1.92 bits per heavy atom. The van der Waals surface area contributed by atoms with Crippen LogP contribution in [0, 0.1) is 0 Å². The quantitative estimate of drug-likeness (QED) is 0.573. The molecule has 25 heavy (non-hydrogen) atoms. The molecule has 0 saturated heterocycles. The zero-order valence-corrected chi connectivity index (χ0v) is 14.5. The van der Waals surface area contributed by atoms with E-state index in [2.05, 4.69) is 16.5 Å². The molecule has 0 amide bonds. The first-order valence-corrected chi connectivity index (χ1v) is 8.78. The molecular weight excluding hydrogens is 334 g/mol. The third-order valence-electron chi connectivity index (χ3n) is 4.21. The molecule has 126 valence electrons. The van der Waals surface area contributed by atoms with Crippen LogP contribution in [-0.2, 0) is 16.0 Å². The van der Waals surface area contributed by atoms with Crippen LogP contribution in [0.3, 0.4) is 0 Å². The average molecular weight is 351 g/mol. The number of carbonyl (C=O) groups excluding carboxylic acids is 1. The van der Waals surface area contributed by atoms with Gasteiger partial charge in [0.25, 0.3) is 0 Å². The molecule has 5 nitrogen and oxygen atoms in total. The van der Waals surface area contributed by atoms with E-state index in [1.165, 1.54) is 7.11 Å². The third-order valence-corrected chi connectivity index (χ3v) is 5.24. The Balaban J connectivity index is 1.95. The molecule has 0 fully saturated rings. The van der Waals surface area contributed by atoms with E-state index >= 15 is 0 Å². The van der Waals surface area contributed by atoms with E-state index in [4.69, 9.17) is 15.5 Å². The highest BCUT2D eigenvalue weighted by molar-refractivity contribution is 7.23. The van der Waals surface area contributed by atoms with Crippen molar-refractivity contribution in [3.05, 3.63) is 60.3 Å². The first-order valence-electron chi connectivity index (χ1n) is 7.96. The van der Waals surface area contributed by atoms with Crippen LogP contribution in [0.4, 0.5) is 0 Å². The number of aromatic nitrogens is 2. The zero-order chi connectivity index (χ0) is 17.4. The highest BCUT2D eigenvalue weighted by Gasteiger charge is 2.23. The predicted molar refractivity (Wildman–Crippen MR) is 99.7 cm³/mol. The van der Waals surface area contributed by atoms with Crippen LogP contribution in [0.2, 0.25) is 0 Å². The smallest absolute Gasteiger partial charge is 0.323 e. The van der Waals surface area contributed by atoms with Gasteiger partial charge in [0.1, 0.15) is 6.04 Å². The Kier molecular flexibility index (Phi) is 3.99. The Morgan fingerprint density at radius 3 is 2.68 bits per heavy atom. The van der Waals surface area contributed by atoms with Crippen molar-refractivity contribution in [1.82, 2.24) is 9.38 Å². The molecule has 4 rings (SSSR count). The SMILES string of the molecule is COC(=O)C(N)Cc1c(-c2ccccc2)nc2sc3ccccc3n12. The average Bonchev–Trinajstić information content (AvgIpc) is 3.18. The van der Waals surface area contributed by atoms with E-state index in [-0.39, 0.29) is 0 Å². The Labute approximate surface area is 148 Å². The van der Waals surface area contributed by atoms with Crippen LogP contribution >= 0.6 is 11.3 Å². The minimum Gasteiger partial charge on any atom is -0.468 e. The van der Waals surface area contributed by atoms with E-state index < -0.39 is 12.0 Å². The first kappa shape index (κ1) is 15.8. The van der Waals surface area contributed by atoms with Gasteiger partial charge in [0.15, 0.2) is 4.96 Å². The Morgan fingerprint density at radius 1 is 1.20 bits per heavy atom. The largest absolute Gasteiger partial charge is 0.468 e. The lowest BCUT2D eigenvalue weighted by atomic mass is 10.1. The summed E-state index contributed by atoms with van der Waals surface area (Å²) in [6.07, 6.45) is 0.360. The number of para-hydroxylation sites is 1. The summed E-state index contributed by atoms with van der Waals surface area (Å²) in [6.45, 7) is 0. The van der Waals surface area contributed by atoms with Gasteiger partial charge >= 0.3 is 5.97 Å². The molecule has 0 spiro atoms. The fourth-order valence-corrected chi connectivity index (χ4v) is 4.08. The van der Waals surface area contributed by atoms with Crippen LogP contribution in [-0.4, -0.2) is 28.5 Å². The number of nitrogens with zero attached hydrogens (tertiary/aromatic N) is 2. The number of nitrogens with two attached hydrogens (primary N) is 1. The number of benzene rings is 2. The van der Waals surface area contributed by atoms with Crippen molar-refractivity contribution in [3.8, 4) is 11.3 Å². The normalized spacial score (nSPS) is 12.6. The predicted octanol–water partition coefficient (Wildman–Crippen LogP) is 3.26. The lowest BCUT2D eigenvalue weighted by Gasteiger charge is -2.11. The lowest BCUT2D eigenvalue weighted by Crippen LogP contribution is -2.34. The molecule has 0 aliphatic rings. The number of imidazole rings is 1. The molecule has 0 saturated carbocycles. The minimum absolute atomic E-state index is 0.360. The minimum atomic E-state index is -0.731. The van der Waals surface area contributed by atoms with E-state index in [1.54, 1.807) is 11.3 Å². The van der Waals surface area contributed by atoms with E-state index in [1.807, 2.05) is 42.5 Å². The summed E-state index contributed by atoms with van der Waals surface area (Å²) in [5.74, 6) is -0.423. The zero-order valence-electron chi connectivity index (χ0n) is 13.7. The van der Waals surface area contributed by atoms with Crippen LogP contribution in [0.1, 0.15) is 5.69 Å². The fraction of sp³-hybridized carbons (Fsp3) is 0.158. The van der Waals surface area contributed by atoms with Gasteiger partial charge in [-0.15, -0.1) is 0 Å². The Hall–Kier alpha value is -2.70. The number of fused-ring (bicyclic) bond motifs is 3. The molecular formula is C19H17N3O2S. The summed E-state index contributed by atoms with van der Waals surface area (Å²) in [7, 11) is 1.35. The lowest BCUT2D eigenvalue weighted by molar-refractivity contribution is -0.142. The summed E-state index contributed by atoms with van der Waals surface area (Å²) in [4.78, 5) is 17.6. The van der Waals surface area contributed by atoms with Crippen LogP contribution < -0.4 is 5.73 Å². The molecule has 1 unspecified atom stereocenters. The molecule has 2 N–H and O–H groups in total. The second kappa shape index (κ2) is 6.31. The van der Waals surface area contributed by atoms with Crippen molar-refractivity contribution in [2.75, 3.05) is 7.11 Å². The molecule has 0 aliphatic heterocycles. The van der Waals surface area contributed by atoms with Gasteiger partial charge in [-0.2, -0.15) is 0 Å². The van der Waals surface area contributed by atoms with Gasteiger partial charge in [-0.1, -0.05) is 53.8 Å². The highest BCUT2D eigenvalue weighted by Crippen LogP contribution is 2.33. The fourth-order valence-electron chi connectivity index (χ4n) is 3.03. The highest BCUT2D eigenvalue weighted by atomic mass is 32.1. The topological polar surface area (TPSA) is 69.6 Å². The van der Waals surface area contributed by atoms with Gasteiger partial charge < -0.3 is 10.5 Å². The molecule has 0 radical (unpaired) electrons. The van der Waals surface area contributed by atoms with Gasteiger partial charge in [0.05, 0.1) is 28.7 Å². The number of thiazole rings is 1. The molecule has 2 heterocycles. The maximum atomic E-state index is 11.8. The van der Waals surface area contributed by atoms with Crippen LogP contribution in [0.5, 0.6) is 0 Å². The monoisotopic (exact) mass is 351 g/mol. The standard InChI is InChI=1S/C19H17N3O2S/c1-24-18(23)13(20)11-15-17(12-7-3-2-4-8-12)21-19-22(15)14-9-5-6-10-16(14)25-19/h2-10,13H,11,20H2,1H3. The number of hydrogen-bond donors (Lipinski definition) is 1. The summed E-state index contributed by atoms with van der Waals surface area (Å²) in [6, 6.07) is 17.4. The van der Waals surface area contributed by atoms with Gasteiger partial charge in [-0.3, -0.25) is 9.20 Å². The summed E-state index contributed by atoms with van der Waals surface area (Å²) < 4.78 is 8.05. The van der Waals surface area contributed by atoms with E-state index in [0.29, 0.717) is 6.42 Å². The van der Waals surface area contributed by atoms with Gasteiger partial charge in [-0.25, -0.2) is 4.98 Å². The van der Waals surface area contributed by atoms with Gasteiger partial charge in [0.2, 0.25) is 0 Å². The number of carbonyl (C=O) groups is 1. The Bertz CT molecular complexity index is 1050.